The van der Waals surface area contributed by atoms with Crippen molar-refractivity contribution in [1.29, 1.82) is 0 Å². The summed E-state index contributed by atoms with van der Waals surface area (Å²) in [6.45, 7) is 2.58. The minimum atomic E-state index is -0.418. The average molecular weight is 244 g/mol. The summed E-state index contributed by atoms with van der Waals surface area (Å²) in [7, 11) is 1.83. The zero-order valence-electron chi connectivity index (χ0n) is 7.84. The Balaban J connectivity index is 2.88. The van der Waals surface area contributed by atoms with Crippen LogP contribution in [0.4, 0.5) is 0 Å². The van der Waals surface area contributed by atoms with Crippen LogP contribution in [0.5, 0.6) is 0 Å². The fourth-order valence-corrected chi connectivity index (χ4v) is 1.79. The number of likely N-dealkylation sites (N-methyl/N-ethyl adjacent to an activating group) is 1. The number of aryl methyl sites for hydroxylation is 1. The van der Waals surface area contributed by atoms with Crippen LogP contribution in [0.2, 0.25) is 0 Å². The van der Waals surface area contributed by atoms with Crippen LogP contribution in [0.3, 0.4) is 0 Å². The van der Waals surface area contributed by atoms with E-state index in [9.17, 15) is 5.11 Å². The van der Waals surface area contributed by atoms with Crippen LogP contribution in [0.15, 0.2) is 22.7 Å². The third-order valence-corrected chi connectivity index (χ3v) is 2.48. The maximum absolute atomic E-state index is 9.71. The van der Waals surface area contributed by atoms with Gasteiger partial charge in [0, 0.05) is 11.0 Å². The Kier molecular flexibility index (Phi) is 3.90. The lowest BCUT2D eigenvalue weighted by Gasteiger charge is -2.13. The van der Waals surface area contributed by atoms with Gasteiger partial charge >= 0.3 is 0 Å². The van der Waals surface area contributed by atoms with Gasteiger partial charge in [-0.05, 0) is 37.2 Å². The van der Waals surface area contributed by atoms with Crippen LogP contribution in [0.1, 0.15) is 17.2 Å². The van der Waals surface area contributed by atoms with Crippen molar-refractivity contribution in [3.05, 3.63) is 33.8 Å². The molecule has 0 aliphatic rings. The number of nitrogens with one attached hydrogen (secondary N) is 1. The van der Waals surface area contributed by atoms with E-state index in [1.807, 2.05) is 32.2 Å². The molecule has 0 saturated heterocycles. The topological polar surface area (TPSA) is 32.3 Å². The molecule has 3 heteroatoms. The molecule has 1 unspecified atom stereocenters. The summed E-state index contributed by atoms with van der Waals surface area (Å²) < 4.78 is 1.05. The number of hydrogen-bond donors (Lipinski definition) is 2. The minimum Gasteiger partial charge on any atom is -0.387 e. The first-order chi connectivity index (χ1) is 6.15. The molecule has 0 aliphatic carbocycles. The molecule has 1 atom stereocenters. The fraction of sp³-hybridized carbons (Fsp3) is 0.400. The van der Waals surface area contributed by atoms with Crippen molar-refractivity contribution in [1.82, 2.24) is 5.32 Å². The fourth-order valence-electron chi connectivity index (χ4n) is 1.32. The molecule has 2 nitrogen and oxygen atoms in total. The Morgan fingerprint density at radius 1 is 1.54 bits per heavy atom. The SMILES string of the molecule is CNCC(O)c1ccc(Br)cc1C. The van der Waals surface area contributed by atoms with E-state index in [2.05, 4.69) is 21.2 Å². The van der Waals surface area contributed by atoms with E-state index in [0.717, 1.165) is 15.6 Å². The van der Waals surface area contributed by atoms with E-state index in [0.29, 0.717) is 6.54 Å². The molecular formula is C10H14BrNO. The Morgan fingerprint density at radius 2 is 2.23 bits per heavy atom. The Labute approximate surface area is 87.1 Å². The van der Waals surface area contributed by atoms with Crippen LogP contribution in [-0.2, 0) is 0 Å². The molecule has 0 aromatic heterocycles. The van der Waals surface area contributed by atoms with E-state index in [4.69, 9.17) is 0 Å². The summed E-state index contributed by atoms with van der Waals surface area (Å²) in [6, 6.07) is 5.90. The van der Waals surface area contributed by atoms with Gasteiger partial charge in [-0.2, -0.15) is 0 Å². The van der Waals surface area contributed by atoms with Gasteiger partial charge in [0.1, 0.15) is 0 Å². The standard InChI is InChI=1S/C10H14BrNO/c1-7-5-8(11)3-4-9(7)10(13)6-12-2/h3-5,10,12-13H,6H2,1-2H3. The lowest BCUT2D eigenvalue weighted by atomic mass is 10.0. The van der Waals surface area contributed by atoms with E-state index < -0.39 is 6.10 Å². The van der Waals surface area contributed by atoms with Crippen molar-refractivity contribution in [2.24, 2.45) is 0 Å². The normalized spacial score (nSPS) is 12.9. The minimum absolute atomic E-state index is 0.418. The lowest BCUT2D eigenvalue weighted by molar-refractivity contribution is 0.177. The van der Waals surface area contributed by atoms with Crippen molar-refractivity contribution < 1.29 is 5.11 Å². The second-order valence-electron chi connectivity index (χ2n) is 3.07. The maximum atomic E-state index is 9.71. The number of aliphatic hydroxyl groups is 1. The van der Waals surface area contributed by atoms with Crippen molar-refractivity contribution in [2.75, 3.05) is 13.6 Å². The predicted molar refractivity (Wildman–Crippen MR) is 57.8 cm³/mol. The molecule has 0 amide bonds. The third-order valence-electron chi connectivity index (χ3n) is 1.99. The molecule has 0 aliphatic heterocycles. The molecule has 2 N–H and O–H groups in total. The highest BCUT2D eigenvalue weighted by Gasteiger charge is 2.08. The summed E-state index contributed by atoms with van der Waals surface area (Å²) in [5, 5.41) is 12.7. The molecule has 0 spiro atoms. The van der Waals surface area contributed by atoms with Crippen molar-refractivity contribution in [2.45, 2.75) is 13.0 Å². The molecule has 0 fully saturated rings. The molecule has 0 radical (unpaired) electrons. The Hall–Kier alpha value is -0.380. The van der Waals surface area contributed by atoms with Crippen molar-refractivity contribution in [3.63, 3.8) is 0 Å². The summed E-state index contributed by atoms with van der Waals surface area (Å²) >= 11 is 3.39. The van der Waals surface area contributed by atoms with E-state index in [1.165, 1.54) is 0 Å². The molecule has 0 heterocycles. The van der Waals surface area contributed by atoms with Gasteiger partial charge in [0.15, 0.2) is 0 Å². The van der Waals surface area contributed by atoms with Crippen LogP contribution in [-0.4, -0.2) is 18.7 Å². The highest BCUT2D eigenvalue weighted by molar-refractivity contribution is 9.10. The molecule has 1 rings (SSSR count). The maximum Gasteiger partial charge on any atom is 0.0916 e. The predicted octanol–water partition coefficient (Wildman–Crippen LogP) is 2.01. The van der Waals surface area contributed by atoms with Crippen LogP contribution in [0.25, 0.3) is 0 Å². The first-order valence-electron chi connectivity index (χ1n) is 4.24. The molecular weight excluding hydrogens is 230 g/mol. The van der Waals surface area contributed by atoms with E-state index >= 15 is 0 Å². The van der Waals surface area contributed by atoms with Crippen molar-refractivity contribution >= 4 is 15.9 Å². The van der Waals surface area contributed by atoms with Gasteiger partial charge in [0.2, 0.25) is 0 Å². The summed E-state index contributed by atoms with van der Waals surface area (Å²) in [5.41, 5.74) is 2.09. The van der Waals surface area contributed by atoms with Gasteiger partial charge < -0.3 is 10.4 Å². The Bertz CT molecular complexity index is 288. The molecule has 0 bridgehead atoms. The zero-order valence-corrected chi connectivity index (χ0v) is 9.43. The van der Waals surface area contributed by atoms with Gasteiger partial charge in [0.25, 0.3) is 0 Å². The average Bonchev–Trinajstić information content (AvgIpc) is 2.04. The Morgan fingerprint density at radius 3 is 2.77 bits per heavy atom. The third kappa shape index (κ3) is 2.79. The first kappa shape index (κ1) is 10.7. The highest BCUT2D eigenvalue weighted by Crippen LogP contribution is 2.21. The monoisotopic (exact) mass is 243 g/mol. The largest absolute Gasteiger partial charge is 0.387 e. The van der Waals surface area contributed by atoms with Gasteiger partial charge in [-0.25, -0.2) is 0 Å². The molecule has 0 saturated carbocycles. The van der Waals surface area contributed by atoms with Gasteiger partial charge in [0.05, 0.1) is 6.10 Å². The van der Waals surface area contributed by atoms with Crippen molar-refractivity contribution in [3.8, 4) is 0 Å². The van der Waals surface area contributed by atoms with Gasteiger partial charge in [-0.15, -0.1) is 0 Å². The summed E-state index contributed by atoms with van der Waals surface area (Å²) in [5.74, 6) is 0. The van der Waals surface area contributed by atoms with Crippen LogP contribution >= 0.6 is 15.9 Å². The number of rotatable bonds is 3. The first-order valence-corrected chi connectivity index (χ1v) is 5.03. The second kappa shape index (κ2) is 4.74. The van der Waals surface area contributed by atoms with Gasteiger partial charge in [-0.1, -0.05) is 22.0 Å². The highest BCUT2D eigenvalue weighted by atomic mass is 79.9. The number of halogens is 1. The number of aliphatic hydroxyl groups excluding tert-OH is 1. The van der Waals surface area contributed by atoms with Crippen LogP contribution < -0.4 is 5.32 Å². The summed E-state index contributed by atoms with van der Waals surface area (Å²) in [4.78, 5) is 0. The van der Waals surface area contributed by atoms with E-state index in [-0.39, 0.29) is 0 Å². The summed E-state index contributed by atoms with van der Waals surface area (Å²) in [6.07, 6.45) is -0.418. The molecule has 72 valence electrons. The quantitative estimate of drug-likeness (QED) is 0.852. The molecule has 13 heavy (non-hydrogen) atoms. The van der Waals surface area contributed by atoms with Gasteiger partial charge in [-0.3, -0.25) is 0 Å². The second-order valence-corrected chi connectivity index (χ2v) is 3.99. The number of benzene rings is 1. The lowest BCUT2D eigenvalue weighted by Crippen LogP contribution is -2.17. The smallest absolute Gasteiger partial charge is 0.0916 e. The van der Waals surface area contributed by atoms with E-state index in [1.54, 1.807) is 0 Å². The van der Waals surface area contributed by atoms with Crippen LogP contribution in [0, 0.1) is 6.92 Å². The number of hydrogen-bond acceptors (Lipinski definition) is 2. The molecule has 1 aromatic carbocycles. The molecule has 1 aromatic rings. The zero-order chi connectivity index (χ0) is 9.84.